The fourth-order valence-electron chi connectivity index (χ4n) is 4.19. The highest BCUT2D eigenvalue weighted by molar-refractivity contribution is 7.19. The molecule has 7 nitrogen and oxygen atoms in total. The van der Waals surface area contributed by atoms with Gasteiger partial charge in [0, 0.05) is 22.6 Å². The number of nitro groups is 1. The molecule has 4 rings (SSSR count). The molecule has 31 heavy (non-hydrogen) atoms. The van der Waals surface area contributed by atoms with Crippen LogP contribution in [0.1, 0.15) is 56.5 Å². The van der Waals surface area contributed by atoms with Gasteiger partial charge in [0.25, 0.3) is 5.69 Å². The Hall–Kier alpha value is -2.87. The molecule has 0 saturated carbocycles. The van der Waals surface area contributed by atoms with E-state index >= 15 is 0 Å². The number of benzene rings is 1. The number of nitrogens with one attached hydrogen (secondary N) is 1. The van der Waals surface area contributed by atoms with E-state index in [1.807, 2.05) is 13.0 Å². The molecule has 8 heteroatoms. The number of rotatable bonds is 6. The summed E-state index contributed by atoms with van der Waals surface area (Å²) in [5.74, 6) is 1.33. The van der Waals surface area contributed by atoms with Crippen LogP contribution in [0.5, 0.6) is 0 Å². The molecule has 0 saturated heterocycles. The smallest absolute Gasteiger partial charge is 0.260 e. The topological polar surface area (TPSA) is 93.3 Å². The van der Waals surface area contributed by atoms with Crippen LogP contribution in [-0.4, -0.2) is 20.6 Å². The van der Waals surface area contributed by atoms with E-state index in [0.717, 1.165) is 29.5 Å². The third-order valence-corrected chi connectivity index (χ3v) is 7.86. The van der Waals surface area contributed by atoms with Crippen molar-refractivity contribution in [2.45, 2.75) is 53.4 Å². The second-order valence-electron chi connectivity index (χ2n) is 8.80. The van der Waals surface area contributed by atoms with Crippen molar-refractivity contribution in [2.24, 2.45) is 16.4 Å². The molecule has 0 spiro atoms. The quantitative estimate of drug-likeness (QED) is 0.291. The maximum Gasteiger partial charge on any atom is 0.270 e. The SMILES string of the molecule is CCC(C)(C)C1CCc2sc3ncnc(N/N=C(/C)c4cccc([N+](=O)[O-])c4)c3c2C1. The van der Waals surface area contributed by atoms with Gasteiger partial charge < -0.3 is 0 Å². The van der Waals surface area contributed by atoms with Crippen LogP contribution in [0.4, 0.5) is 11.5 Å². The van der Waals surface area contributed by atoms with Gasteiger partial charge in [0.1, 0.15) is 11.2 Å². The van der Waals surface area contributed by atoms with E-state index in [0.29, 0.717) is 28.4 Å². The third kappa shape index (κ3) is 4.17. The largest absolute Gasteiger partial charge is 0.270 e. The van der Waals surface area contributed by atoms with Crippen molar-refractivity contribution >= 4 is 38.8 Å². The van der Waals surface area contributed by atoms with Gasteiger partial charge in [0.05, 0.1) is 16.0 Å². The van der Waals surface area contributed by atoms with Crippen LogP contribution in [0.2, 0.25) is 0 Å². The number of thiophene rings is 1. The summed E-state index contributed by atoms with van der Waals surface area (Å²) in [7, 11) is 0. The van der Waals surface area contributed by atoms with Crippen molar-refractivity contribution in [3.63, 3.8) is 0 Å². The highest BCUT2D eigenvalue weighted by Gasteiger charge is 2.33. The van der Waals surface area contributed by atoms with E-state index in [-0.39, 0.29) is 5.69 Å². The number of hydrogen-bond donors (Lipinski definition) is 1. The molecule has 0 aliphatic heterocycles. The zero-order valence-corrected chi connectivity index (χ0v) is 19.1. The molecule has 162 valence electrons. The average molecular weight is 438 g/mol. The second-order valence-corrected chi connectivity index (χ2v) is 9.89. The van der Waals surface area contributed by atoms with Crippen molar-refractivity contribution < 1.29 is 4.92 Å². The van der Waals surface area contributed by atoms with E-state index in [4.69, 9.17) is 0 Å². The van der Waals surface area contributed by atoms with Crippen molar-refractivity contribution in [1.29, 1.82) is 0 Å². The predicted molar refractivity (Wildman–Crippen MR) is 126 cm³/mol. The highest BCUT2D eigenvalue weighted by atomic mass is 32.1. The van der Waals surface area contributed by atoms with E-state index in [2.05, 4.69) is 41.3 Å². The summed E-state index contributed by atoms with van der Waals surface area (Å²) < 4.78 is 0. The van der Waals surface area contributed by atoms with Crippen molar-refractivity contribution in [3.8, 4) is 0 Å². The lowest BCUT2D eigenvalue weighted by Gasteiger charge is -2.36. The lowest BCUT2D eigenvalue weighted by atomic mass is 9.69. The van der Waals surface area contributed by atoms with Crippen LogP contribution in [-0.2, 0) is 12.8 Å². The maximum absolute atomic E-state index is 11.1. The van der Waals surface area contributed by atoms with Gasteiger partial charge in [-0.05, 0) is 43.1 Å². The Morgan fingerprint density at radius 1 is 1.39 bits per heavy atom. The second kappa shape index (κ2) is 8.34. The molecular formula is C23H27N5O2S. The number of aromatic nitrogens is 2. The summed E-state index contributed by atoms with van der Waals surface area (Å²) in [6.07, 6.45) is 6.05. The minimum absolute atomic E-state index is 0.0490. The molecule has 1 aliphatic rings. The van der Waals surface area contributed by atoms with Gasteiger partial charge in [-0.3, -0.25) is 15.5 Å². The molecule has 1 aliphatic carbocycles. The van der Waals surface area contributed by atoms with Gasteiger partial charge in [-0.1, -0.05) is 39.3 Å². The van der Waals surface area contributed by atoms with Gasteiger partial charge in [0.15, 0.2) is 5.82 Å². The van der Waals surface area contributed by atoms with Gasteiger partial charge in [-0.15, -0.1) is 11.3 Å². The fourth-order valence-corrected chi connectivity index (χ4v) is 5.38. The minimum atomic E-state index is -0.399. The fraction of sp³-hybridized carbons (Fsp3) is 0.435. The van der Waals surface area contributed by atoms with E-state index in [1.165, 1.54) is 29.0 Å². The van der Waals surface area contributed by atoms with Gasteiger partial charge in [0.2, 0.25) is 0 Å². The summed E-state index contributed by atoms with van der Waals surface area (Å²) in [5.41, 5.74) is 6.16. The summed E-state index contributed by atoms with van der Waals surface area (Å²) in [6.45, 7) is 8.81. The van der Waals surface area contributed by atoms with Crippen LogP contribution in [0.3, 0.4) is 0 Å². The first-order valence-electron chi connectivity index (χ1n) is 10.6. The molecule has 0 bridgehead atoms. The Kier molecular flexibility index (Phi) is 5.75. The van der Waals surface area contributed by atoms with Crippen molar-refractivity contribution in [1.82, 2.24) is 9.97 Å². The van der Waals surface area contributed by atoms with Crippen LogP contribution in [0, 0.1) is 21.4 Å². The first-order chi connectivity index (χ1) is 14.8. The number of aryl methyl sites for hydroxylation is 1. The normalized spacial score (nSPS) is 16.9. The van der Waals surface area contributed by atoms with Crippen LogP contribution < -0.4 is 5.43 Å². The zero-order valence-electron chi connectivity index (χ0n) is 18.3. The van der Waals surface area contributed by atoms with Gasteiger partial charge in [-0.25, -0.2) is 9.97 Å². The van der Waals surface area contributed by atoms with Crippen molar-refractivity contribution in [3.05, 3.63) is 56.7 Å². The monoisotopic (exact) mass is 437 g/mol. The Balaban J connectivity index is 1.66. The van der Waals surface area contributed by atoms with Crippen LogP contribution in [0.15, 0.2) is 35.7 Å². The third-order valence-electron chi connectivity index (χ3n) is 6.66. The van der Waals surface area contributed by atoms with E-state index in [9.17, 15) is 10.1 Å². The lowest BCUT2D eigenvalue weighted by Crippen LogP contribution is -2.28. The van der Waals surface area contributed by atoms with Gasteiger partial charge in [-0.2, -0.15) is 5.10 Å². The number of non-ortho nitro benzene ring substituents is 1. The van der Waals surface area contributed by atoms with Crippen LogP contribution >= 0.6 is 11.3 Å². The molecular weight excluding hydrogens is 410 g/mol. The molecule has 1 atom stereocenters. The number of hydrogen-bond acceptors (Lipinski definition) is 7. The molecule has 0 fully saturated rings. The lowest BCUT2D eigenvalue weighted by molar-refractivity contribution is -0.384. The number of nitro benzene ring substituents is 1. The number of hydrazone groups is 1. The van der Waals surface area contributed by atoms with E-state index in [1.54, 1.807) is 23.7 Å². The van der Waals surface area contributed by atoms with E-state index < -0.39 is 4.92 Å². The Labute approximate surface area is 185 Å². The van der Waals surface area contributed by atoms with Gasteiger partial charge >= 0.3 is 0 Å². The molecule has 3 aromatic rings. The summed E-state index contributed by atoms with van der Waals surface area (Å²) in [5, 5.41) is 16.6. The molecule has 1 unspecified atom stereocenters. The minimum Gasteiger partial charge on any atom is -0.260 e. The maximum atomic E-state index is 11.1. The van der Waals surface area contributed by atoms with Crippen molar-refractivity contribution in [2.75, 3.05) is 5.43 Å². The highest BCUT2D eigenvalue weighted by Crippen LogP contribution is 2.45. The molecule has 1 aromatic carbocycles. The number of fused-ring (bicyclic) bond motifs is 3. The number of anilines is 1. The Bertz CT molecular complexity index is 1170. The molecule has 1 N–H and O–H groups in total. The Morgan fingerprint density at radius 2 is 2.19 bits per heavy atom. The zero-order chi connectivity index (χ0) is 22.2. The Morgan fingerprint density at radius 3 is 2.94 bits per heavy atom. The number of nitrogens with zero attached hydrogens (tertiary/aromatic N) is 4. The molecule has 2 heterocycles. The standard InChI is InChI=1S/C23H27N5O2S/c1-5-23(3,4)16-9-10-19-18(12-16)20-21(24-13-25-22(20)31-19)27-26-14(2)15-7-6-8-17(11-15)28(29)30/h6-8,11,13,16H,5,9-10,12H2,1-4H3,(H,24,25,27)/b26-14-. The summed E-state index contributed by atoms with van der Waals surface area (Å²) in [6, 6.07) is 6.48. The molecule has 2 aromatic heterocycles. The summed E-state index contributed by atoms with van der Waals surface area (Å²) in [4.78, 5) is 22.0. The molecule has 0 radical (unpaired) electrons. The average Bonchev–Trinajstić information content (AvgIpc) is 3.16. The first-order valence-corrected chi connectivity index (χ1v) is 11.4. The molecule has 0 amide bonds. The predicted octanol–water partition coefficient (Wildman–Crippen LogP) is 5.98. The first kappa shape index (κ1) is 21.4. The van der Waals surface area contributed by atoms with Crippen LogP contribution in [0.25, 0.3) is 10.2 Å². The summed E-state index contributed by atoms with van der Waals surface area (Å²) >= 11 is 1.76.